The predicted molar refractivity (Wildman–Crippen MR) is 125 cm³/mol. The Morgan fingerprint density at radius 1 is 1.03 bits per heavy atom. The summed E-state index contributed by atoms with van der Waals surface area (Å²) in [7, 11) is 3.05. The van der Waals surface area contributed by atoms with Gasteiger partial charge in [-0.05, 0) is 54.8 Å². The second-order valence-corrected chi connectivity index (χ2v) is 7.78. The lowest BCUT2D eigenvalue weighted by Crippen LogP contribution is -2.26. The lowest BCUT2D eigenvalue weighted by molar-refractivity contribution is 0.0992. The Balaban J connectivity index is 1.62. The van der Waals surface area contributed by atoms with Gasteiger partial charge in [-0.1, -0.05) is 0 Å². The Morgan fingerprint density at radius 2 is 1.81 bits per heavy atom. The zero-order chi connectivity index (χ0) is 22.7. The number of anilines is 2. The van der Waals surface area contributed by atoms with E-state index >= 15 is 0 Å². The van der Waals surface area contributed by atoms with Crippen LogP contribution in [0.25, 0.3) is 16.9 Å². The van der Waals surface area contributed by atoms with E-state index in [0.29, 0.717) is 17.0 Å². The minimum absolute atomic E-state index is 0.126. The van der Waals surface area contributed by atoms with Gasteiger partial charge in [0.05, 0.1) is 24.6 Å². The van der Waals surface area contributed by atoms with Crippen molar-refractivity contribution in [3.63, 3.8) is 0 Å². The highest BCUT2D eigenvalue weighted by molar-refractivity contribution is 7.98. The van der Waals surface area contributed by atoms with E-state index in [2.05, 4.69) is 20.0 Å². The lowest BCUT2D eigenvalue weighted by atomic mass is 10.2. The van der Waals surface area contributed by atoms with Gasteiger partial charge in [-0.25, -0.2) is 14.8 Å². The minimum Gasteiger partial charge on any atom is -0.453 e. The van der Waals surface area contributed by atoms with Gasteiger partial charge in [-0.2, -0.15) is 0 Å². The van der Waals surface area contributed by atoms with Crippen LogP contribution >= 0.6 is 11.8 Å². The zero-order valence-corrected chi connectivity index (χ0v) is 18.6. The standard InChI is InChI=1S/C23H21N5O3S/c1-27(17-6-8-18(32-3)9-7-17)22(29)16-5-11-21-25-13-19(28(21)14-16)15-4-10-20(24-12-15)26-23(30)31-2/h4-14H,1-3H3,(H,24,26,30). The molecule has 0 saturated carbocycles. The van der Waals surface area contributed by atoms with Gasteiger partial charge in [0, 0.05) is 35.6 Å². The molecule has 0 aliphatic rings. The second-order valence-electron chi connectivity index (χ2n) is 6.90. The van der Waals surface area contributed by atoms with Crippen LogP contribution < -0.4 is 10.2 Å². The molecule has 0 bridgehead atoms. The number of amides is 2. The van der Waals surface area contributed by atoms with E-state index in [1.165, 1.54) is 7.11 Å². The highest BCUT2D eigenvalue weighted by Crippen LogP contribution is 2.24. The topological polar surface area (TPSA) is 88.8 Å². The molecule has 1 N–H and O–H groups in total. The van der Waals surface area contributed by atoms with Gasteiger partial charge in [0.25, 0.3) is 5.91 Å². The van der Waals surface area contributed by atoms with Crippen molar-refractivity contribution in [1.82, 2.24) is 14.4 Å². The highest BCUT2D eigenvalue weighted by atomic mass is 32.2. The number of methoxy groups -OCH3 is 1. The molecule has 0 saturated heterocycles. The maximum absolute atomic E-state index is 13.1. The van der Waals surface area contributed by atoms with Gasteiger partial charge in [0.1, 0.15) is 11.5 Å². The molecule has 0 spiro atoms. The molecule has 162 valence electrons. The Morgan fingerprint density at radius 3 is 2.47 bits per heavy atom. The first-order chi connectivity index (χ1) is 15.5. The van der Waals surface area contributed by atoms with Crippen molar-refractivity contribution in [1.29, 1.82) is 0 Å². The Hall–Kier alpha value is -3.85. The molecule has 0 aliphatic carbocycles. The van der Waals surface area contributed by atoms with E-state index in [1.807, 2.05) is 47.1 Å². The number of hydrogen-bond donors (Lipinski definition) is 1. The van der Waals surface area contributed by atoms with E-state index in [-0.39, 0.29) is 5.91 Å². The Kier molecular flexibility index (Phi) is 6.09. The van der Waals surface area contributed by atoms with Crippen LogP contribution in [0.3, 0.4) is 0 Å². The quantitative estimate of drug-likeness (QED) is 0.451. The van der Waals surface area contributed by atoms with Gasteiger partial charge in [0.15, 0.2) is 0 Å². The second kappa shape index (κ2) is 9.11. The zero-order valence-electron chi connectivity index (χ0n) is 17.8. The number of imidazole rings is 1. The van der Waals surface area contributed by atoms with Crippen LogP contribution in [0, 0.1) is 0 Å². The average Bonchev–Trinajstić information content (AvgIpc) is 3.27. The summed E-state index contributed by atoms with van der Waals surface area (Å²) in [5, 5.41) is 2.51. The molecule has 0 aliphatic heterocycles. The van der Waals surface area contributed by atoms with Crippen LogP contribution in [0.1, 0.15) is 10.4 Å². The van der Waals surface area contributed by atoms with Crippen LogP contribution in [-0.4, -0.2) is 46.8 Å². The maximum Gasteiger partial charge on any atom is 0.412 e. The van der Waals surface area contributed by atoms with Gasteiger partial charge in [-0.3, -0.25) is 14.5 Å². The van der Waals surface area contributed by atoms with E-state index in [4.69, 9.17) is 0 Å². The van der Waals surface area contributed by atoms with Crippen molar-refractivity contribution in [3.05, 3.63) is 72.7 Å². The fourth-order valence-corrected chi connectivity index (χ4v) is 3.62. The molecular weight excluding hydrogens is 426 g/mol. The number of carbonyl (C=O) groups is 2. The minimum atomic E-state index is -0.588. The predicted octanol–water partition coefficient (Wildman–Crippen LogP) is 4.57. The molecule has 4 rings (SSSR count). The molecule has 8 nitrogen and oxygen atoms in total. The molecule has 0 radical (unpaired) electrons. The number of ether oxygens (including phenoxy) is 1. The van der Waals surface area contributed by atoms with Crippen LogP contribution in [-0.2, 0) is 4.74 Å². The van der Waals surface area contributed by atoms with E-state index in [1.54, 1.807) is 54.4 Å². The number of nitrogens with zero attached hydrogens (tertiary/aromatic N) is 4. The Labute approximate surface area is 189 Å². The van der Waals surface area contributed by atoms with Crippen LogP contribution in [0.15, 0.2) is 72.0 Å². The number of fused-ring (bicyclic) bond motifs is 1. The molecule has 0 unspecified atom stereocenters. The third-order valence-corrected chi connectivity index (χ3v) is 5.74. The normalized spacial score (nSPS) is 10.7. The Bertz CT molecular complexity index is 1270. The number of rotatable bonds is 5. The van der Waals surface area contributed by atoms with E-state index in [0.717, 1.165) is 21.8 Å². The fraction of sp³-hybridized carbons (Fsp3) is 0.130. The van der Waals surface area contributed by atoms with Crippen molar-refractivity contribution < 1.29 is 14.3 Å². The summed E-state index contributed by atoms with van der Waals surface area (Å²) in [4.78, 5) is 35.9. The van der Waals surface area contributed by atoms with Gasteiger partial charge >= 0.3 is 6.09 Å². The van der Waals surface area contributed by atoms with Crippen molar-refractivity contribution in [2.75, 3.05) is 30.6 Å². The number of thioether (sulfide) groups is 1. The first-order valence-corrected chi connectivity index (χ1v) is 10.9. The first-order valence-electron chi connectivity index (χ1n) is 9.71. The molecule has 9 heteroatoms. The number of benzene rings is 1. The summed E-state index contributed by atoms with van der Waals surface area (Å²) in [6.07, 6.45) is 6.55. The number of pyridine rings is 2. The van der Waals surface area contributed by atoms with Crippen LogP contribution in [0.5, 0.6) is 0 Å². The van der Waals surface area contributed by atoms with Gasteiger partial charge in [0.2, 0.25) is 0 Å². The van der Waals surface area contributed by atoms with Crippen LogP contribution in [0.4, 0.5) is 16.3 Å². The van der Waals surface area contributed by atoms with E-state index in [9.17, 15) is 9.59 Å². The number of carbonyl (C=O) groups excluding carboxylic acids is 2. The fourth-order valence-electron chi connectivity index (χ4n) is 3.21. The third kappa shape index (κ3) is 4.28. The number of nitrogens with one attached hydrogen (secondary N) is 1. The van der Waals surface area contributed by atoms with Gasteiger partial charge in [-0.15, -0.1) is 11.8 Å². The average molecular weight is 448 g/mol. The maximum atomic E-state index is 13.1. The molecule has 4 aromatic rings. The lowest BCUT2D eigenvalue weighted by Gasteiger charge is -2.18. The van der Waals surface area contributed by atoms with Crippen molar-refractivity contribution in [2.24, 2.45) is 0 Å². The molecule has 3 heterocycles. The summed E-state index contributed by atoms with van der Waals surface area (Å²) in [5.74, 6) is 0.249. The summed E-state index contributed by atoms with van der Waals surface area (Å²) >= 11 is 1.65. The summed E-state index contributed by atoms with van der Waals surface area (Å²) < 4.78 is 6.42. The molecule has 1 aromatic carbocycles. The van der Waals surface area contributed by atoms with Crippen molar-refractivity contribution in [2.45, 2.75) is 4.90 Å². The molecule has 2 amide bonds. The number of hydrogen-bond acceptors (Lipinski definition) is 6. The molecule has 3 aromatic heterocycles. The van der Waals surface area contributed by atoms with Crippen molar-refractivity contribution in [3.8, 4) is 11.3 Å². The van der Waals surface area contributed by atoms with Crippen LogP contribution in [0.2, 0.25) is 0 Å². The number of aromatic nitrogens is 3. The third-order valence-electron chi connectivity index (χ3n) is 4.99. The summed E-state index contributed by atoms with van der Waals surface area (Å²) in [6, 6.07) is 14.9. The largest absolute Gasteiger partial charge is 0.453 e. The van der Waals surface area contributed by atoms with E-state index < -0.39 is 6.09 Å². The monoisotopic (exact) mass is 447 g/mol. The first kappa shape index (κ1) is 21.4. The smallest absolute Gasteiger partial charge is 0.412 e. The van der Waals surface area contributed by atoms with Gasteiger partial charge < -0.3 is 9.64 Å². The molecular formula is C23H21N5O3S. The summed E-state index contributed by atoms with van der Waals surface area (Å²) in [6.45, 7) is 0. The molecule has 32 heavy (non-hydrogen) atoms. The highest BCUT2D eigenvalue weighted by Gasteiger charge is 2.16. The molecule has 0 fully saturated rings. The molecule has 0 atom stereocenters. The SMILES string of the molecule is COC(=O)Nc1ccc(-c2cnc3ccc(C(=O)N(C)c4ccc(SC)cc4)cn23)cn1. The summed E-state index contributed by atoms with van der Waals surface area (Å²) in [5.41, 5.74) is 3.62. The van der Waals surface area contributed by atoms with Crippen molar-refractivity contribution >= 4 is 40.9 Å².